The van der Waals surface area contributed by atoms with Gasteiger partial charge in [0, 0.05) is 22.8 Å². The number of aromatic amines is 1. The van der Waals surface area contributed by atoms with E-state index in [0.29, 0.717) is 12.2 Å². The molecule has 3 aromatic rings. The van der Waals surface area contributed by atoms with Crippen molar-refractivity contribution in [2.24, 2.45) is 0 Å². The quantitative estimate of drug-likeness (QED) is 0.511. The van der Waals surface area contributed by atoms with Crippen LogP contribution < -0.4 is 5.32 Å². The number of nitrogens with zero attached hydrogens (tertiary/aromatic N) is 2. The third-order valence-electron chi connectivity index (χ3n) is 3.24. The molecule has 0 bridgehead atoms. The van der Waals surface area contributed by atoms with Crippen molar-refractivity contribution in [3.63, 3.8) is 0 Å². The smallest absolute Gasteiger partial charge is 0.225 e. The molecule has 24 heavy (non-hydrogen) atoms. The number of amides is 1. The van der Waals surface area contributed by atoms with Gasteiger partial charge in [-0.1, -0.05) is 23.9 Å². The Labute approximate surface area is 147 Å². The van der Waals surface area contributed by atoms with Gasteiger partial charge in [-0.05, 0) is 48.2 Å². The number of anilines is 1. The molecule has 1 heterocycles. The third-order valence-corrected chi connectivity index (χ3v) is 4.71. The molecule has 0 saturated carbocycles. The van der Waals surface area contributed by atoms with Crippen LogP contribution in [0.3, 0.4) is 0 Å². The van der Waals surface area contributed by atoms with Crippen LogP contribution in [0.2, 0.25) is 0 Å². The van der Waals surface area contributed by atoms with Crippen LogP contribution in [-0.2, 0) is 4.79 Å². The highest BCUT2D eigenvalue weighted by molar-refractivity contribution is 8.03. The molecule has 0 aliphatic carbocycles. The van der Waals surface area contributed by atoms with E-state index in [0.717, 1.165) is 38.5 Å². The van der Waals surface area contributed by atoms with E-state index in [1.807, 2.05) is 41.8 Å². The van der Waals surface area contributed by atoms with Crippen molar-refractivity contribution in [2.45, 2.75) is 16.5 Å². The van der Waals surface area contributed by atoms with Gasteiger partial charge in [0.15, 0.2) is 5.16 Å². The molecule has 0 aliphatic heterocycles. The Balaban J connectivity index is 1.47. The molecule has 0 radical (unpaired) electrons. The van der Waals surface area contributed by atoms with Gasteiger partial charge in [0.25, 0.3) is 0 Å². The van der Waals surface area contributed by atoms with Crippen LogP contribution in [0.5, 0.6) is 0 Å². The number of para-hydroxylation sites is 2. The number of fused-ring (bicyclic) bond motifs is 1. The predicted molar refractivity (Wildman–Crippen MR) is 98.0 cm³/mol. The van der Waals surface area contributed by atoms with E-state index in [1.165, 1.54) is 11.8 Å². The summed E-state index contributed by atoms with van der Waals surface area (Å²) in [6.07, 6.45) is 0.399. The van der Waals surface area contributed by atoms with Crippen LogP contribution in [0.4, 0.5) is 5.69 Å². The van der Waals surface area contributed by atoms with Crippen molar-refractivity contribution in [3.8, 4) is 5.40 Å². The zero-order chi connectivity index (χ0) is 16.8. The zero-order valence-electron chi connectivity index (χ0n) is 12.7. The Kier molecular flexibility index (Phi) is 5.41. The number of thiocyanates is 1. The Morgan fingerprint density at radius 3 is 2.75 bits per heavy atom. The summed E-state index contributed by atoms with van der Waals surface area (Å²) in [6.45, 7) is 0. The fourth-order valence-corrected chi connectivity index (χ4v) is 3.32. The lowest BCUT2D eigenvalue weighted by molar-refractivity contribution is -0.115. The number of H-pyrrole nitrogens is 1. The molecule has 5 nitrogen and oxygen atoms in total. The summed E-state index contributed by atoms with van der Waals surface area (Å²) in [5.41, 5.74) is 2.66. The van der Waals surface area contributed by atoms with E-state index in [1.54, 1.807) is 12.1 Å². The summed E-state index contributed by atoms with van der Waals surface area (Å²) in [5, 5.41) is 14.3. The average molecular weight is 354 g/mol. The van der Waals surface area contributed by atoms with E-state index in [-0.39, 0.29) is 5.91 Å². The Morgan fingerprint density at radius 1 is 1.21 bits per heavy atom. The van der Waals surface area contributed by atoms with Crippen molar-refractivity contribution in [3.05, 3.63) is 48.5 Å². The van der Waals surface area contributed by atoms with Crippen molar-refractivity contribution in [2.75, 3.05) is 11.1 Å². The minimum absolute atomic E-state index is 0.0423. The molecule has 0 spiro atoms. The van der Waals surface area contributed by atoms with E-state index in [4.69, 9.17) is 5.26 Å². The van der Waals surface area contributed by atoms with E-state index < -0.39 is 0 Å². The number of nitriles is 1. The second kappa shape index (κ2) is 7.90. The first kappa shape index (κ1) is 16.4. The molecule has 0 fully saturated rings. The number of carbonyl (C=O) groups excluding carboxylic acids is 1. The summed E-state index contributed by atoms with van der Waals surface area (Å²) in [5.74, 6) is 0.605. The molecule has 0 aliphatic rings. The fourth-order valence-electron chi connectivity index (χ4n) is 2.12. The van der Waals surface area contributed by atoms with E-state index in [2.05, 4.69) is 15.3 Å². The molecule has 2 N–H and O–H groups in total. The van der Waals surface area contributed by atoms with Crippen LogP contribution in [0.25, 0.3) is 11.0 Å². The first-order valence-corrected chi connectivity index (χ1v) is 9.08. The second-order valence-electron chi connectivity index (χ2n) is 4.92. The number of hydrogen-bond acceptors (Lipinski definition) is 5. The highest BCUT2D eigenvalue weighted by atomic mass is 32.2. The minimum Gasteiger partial charge on any atom is -0.333 e. The van der Waals surface area contributed by atoms with Crippen molar-refractivity contribution in [1.29, 1.82) is 5.26 Å². The summed E-state index contributed by atoms with van der Waals surface area (Å²) >= 11 is 2.62. The first-order chi connectivity index (χ1) is 11.7. The van der Waals surface area contributed by atoms with Crippen LogP contribution in [0.15, 0.2) is 58.6 Å². The summed E-state index contributed by atoms with van der Waals surface area (Å²) < 4.78 is 0. The molecule has 3 rings (SSSR count). The molecule has 2 aromatic carbocycles. The number of aromatic nitrogens is 2. The van der Waals surface area contributed by atoms with Crippen molar-refractivity contribution < 1.29 is 4.79 Å². The molecule has 120 valence electrons. The average Bonchev–Trinajstić information content (AvgIpc) is 2.99. The number of nitrogens with one attached hydrogen (secondary N) is 2. The van der Waals surface area contributed by atoms with Gasteiger partial charge in [0.2, 0.25) is 5.91 Å². The SMILES string of the molecule is N#CSc1ccc(NC(=O)CCSc2nc3ccccc3[nH]2)cc1. The lowest BCUT2D eigenvalue weighted by atomic mass is 10.3. The topological polar surface area (TPSA) is 81.6 Å². The largest absolute Gasteiger partial charge is 0.333 e. The maximum atomic E-state index is 12.0. The van der Waals surface area contributed by atoms with Crippen LogP contribution in [-0.4, -0.2) is 21.6 Å². The standard InChI is InChI=1S/C17H14N4OS2/c18-11-24-13-7-5-12(6-8-13)19-16(22)9-10-23-17-20-14-3-1-2-4-15(14)21-17/h1-8H,9-10H2,(H,19,22)(H,20,21). The number of carbonyl (C=O) groups is 1. The number of imidazole rings is 1. The van der Waals surface area contributed by atoms with Crippen molar-refractivity contribution in [1.82, 2.24) is 9.97 Å². The molecular weight excluding hydrogens is 340 g/mol. The van der Waals surface area contributed by atoms with Crippen LogP contribution in [0.1, 0.15) is 6.42 Å². The lowest BCUT2D eigenvalue weighted by Crippen LogP contribution is -2.12. The molecule has 7 heteroatoms. The second-order valence-corrected chi connectivity index (χ2v) is 6.87. The van der Waals surface area contributed by atoms with Gasteiger partial charge in [-0.2, -0.15) is 5.26 Å². The predicted octanol–water partition coefficient (Wildman–Crippen LogP) is 4.26. The van der Waals surface area contributed by atoms with Crippen LogP contribution in [0, 0.1) is 10.7 Å². The molecule has 0 saturated heterocycles. The molecule has 1 amide bonds. The van der Waals surface area contributed by atoms with E-state index >= 15 is 0 Å². The maximum absolute atomic E-state index is 12.0. The Morgan fingerprint density at radius 2 is 2.00 bits per heavy atom. The fraction of sp³-hybridized carbons (Fsp3) is 0.118. The highest BCUT2D eigenvalue weighted by Gasteiger charge is 2.06. The number of benzene rings is 2. The molecule has 1 aromatic heterocycles. The maximum Gasteiger partial charge on any atom is 0.225 e. The molecule has 0 unspecified atom stereocenters. The number of hydrogen-bond donors (Lipinski definition) is 2. The first-order valence-electron chi connectivity index (χ1n) is 7.28. The van der Waals surface area contributed by atoms with Gasteiger partial charge in [0.05, 0.1) is 11.0 Å². The third kappa shape index (κ3) is 4.31. The van der Waals surface area contributed by atoms with Gasteiger partial charge in [0.1, 0.15) is 5.40 Å². The van der Waals surface area contributed by atoms with Crippen molar-refractivity contribution >= 4 is 46.2 Å². The lowest BCUT2D eigenvalue weighted by Gasteiger charge is -2.05. The van der Waals surface area contributed by atoms with Gasteiger partial charge < -0.3 is 10.3 Å². The molecular formula is C17H14N4OS2. The van der Waals surface area contributed by atoms with Gasteiger partial charge in [-0.25, -0.2) is 4.98 Å². The van der Waals surface area contributed by atoms with E-state index in [9.17, 15) is 4.79 Å². The van der Waals surface area contributed by atoms with Gasteiger partial charge in [-0.3, -0.25) is 4.79 Å². The zero-order valence-corrected chi connectivity index (χ0v) is 14.3. The Hall–Kier alpha value is -2.43. The van der Waals surface area contributed by atoms with Gasteiger partial charge in [-0.15, -0.1) is 0 Å². The summed E-state index contributed by atoms with van der Waals surface area (Å²) in [6, 6.07) is 15.1. The highest BCUT2D eigenvalue weighted by Crippen LogP contribution is 2.21. The van der Waals surface area contributed by atoms with Crippen LogP contribution >= 0.6 is 23.5 Å². The normalized spacial score (nSPS) is 10.5. The number of rotatable bonds is 6. The molecule has 0 atom stereocenters. The minimum atomic E-state index is -0.0423. The summed E-state index contributed by atoms with van der Waals surface area (Å²) in [4.78, 5) is 20.5. The van der Waals surface area contributed by atoms with Gasteiger partial charge >= 0.3 is 0 Å². The monoisotopic (exact) mass is 354 g/mol. The summed E-state index contributed by atoms with van der Waals surface area (Å²) in [7, 11) is 0. The Bertz CT molecular complexity index is 850. The number of thioether (sulfide) groups is 2.